The van der Waals surface area contributed by atoms with E-state index in [1.165, 1.54) is 0 Å². The average Bonchev–Trinajstić information content (AvgIpc) is 2.52. The van der Waals surface area contributed by atoms with Crippen molar-refractivity contribution in [3.63, 3.8) is 0 Å². The molecule has 0 bridgehead atoms. The Bertz CT molecular complexity index is 424. The van der Waals surface area contributed by atoms with Gasteiger partial charge in [-0.15, -0.1) is 5.10 Å². The smallest absolute Gasteiger partial charge is 0.194 e. The van der Waals surface area contributed by atoms with Crippen LogP contribution in [-0.2, 0) is 0 Å². The van der Waals surface area contributed by atoms with Gasteiger partial charge in [0, 0.05) is 18.0 Å². The lowest BCUT2D eigenvalue weighted by molar-refractivity contribution is 0.870. The van der Waals surface area contributed by atoms with Crippen LogP contribution in [0.3, 0.4) is 0 Å². The molecule has 0 amide bonds. The fourth-order valence-electron chi connectivity index (χ4n) is 1.03. The molecule has 2 aromatic rings. The van der Waals surface area contributed by atoms with Crippen molar-refractivity contribution in [1.29, 1.82) is 0 Å². The molecule has 0 N–H and O–H groups in total. The van der Waals surface area contributed by atoms with Gasteiger partial charge >= 0.3 is 0 Å². The third-order valence-electron chi connectivity index (χ3n) is 1.71. The Kier molecular flexibility index (Phi) is 2.21. The van der Waals surface area contributed by atoms with Crippen LogP contribution in [0.15, 0.2) is 18.5 Å². The number of hydrogen-bond acceptors (Lipinski definition) is 4. The molecule has 0 atom stereocenters. The standard InChI is InChI=1S/C7H6IN5/c1-5-2-3-9-4-6(5)7-10-11-12-13(7)8/h2-4H,1H3. The SMILES string of the molecule is Cc1ccncc1-c1nnnn1I. The fourth-order valence-corrected chi connectivity index (χ4v) is 1.47. The van der Waals surface area contributed by atoms with Gasteiger partial charge in [0.1, 0.15) is 0 Å². The maximum atomic E-state index is 4.03. The topological polar surface area (TPSA) is 56.5 Å². The second-order valence-electron chi connectivity index (χ2n) is 2.55. The third-order valence-corrected chi connectivity index (χ3v) is 2.36. The average molecular weight is 287 g/mol. The molecule has 0 fully saturated rings. The van der Waals surface area contributed by atoms with Gasteiger partial charge in [-0.05, 0) is 29.0 Å². The largest absolute Gasteiger partial charge is 0.264 e. The summed E-state index contributed by atoms with van der Waals surface area (Å²) in [5.74, 6) is 0.728. The number of rotatable bonds is 1. The number of hydrogen-bond donors (Lipinski definition) is 0. The number of nitrogens with zero attached hydrogens (tertiary/aromatic N) is 5. The zero-order valence-electron chi connectivity index (χ0n) is 6.85. The van der Waals surface area contributed by atoms with Gasteiger partial charge in [-0.3, -0.25) is 4.98 Å². The predicted molar refractivity (Wildman–Crippen MR) is 55.2 cm³/mol. The fraction of sp³-hybridized carbons (Fsp3) is 0.143. The molecular weight excluding hydrogens is 281 g/mol. The number of halogens is 1. The van der Waals surface area contributed by atoms with Gasteiger partial charge < -0.3 is 0 Å². The molecule has 2 aromatic heterocycles. The quantitative estimate of drug-likeness (QED) is 0.740. The van der Waals surface area contributed by atoms with Crippen molar-refractivity contribution in [1.82, 2.24) is 23.4 Å². The summed E-state index contributed by atoms with van der Waals surface area (Å²) in [6, 6.07) is 1.93. The molecule has 0 aliphatic heterocycles. The Hall–Kier alpha value is -1.05. The van der Waals surface area contributed by atoms with Crippen molar-refractivity contribution in [2.75, 3.05) is 0 Å². The van der Waals surface area contributed by atoms with Gasteiger partial charge in [-0.1, -0.05) is 0 Å². The van der Waals surface area contributed by atoms with E-state index in [-0.39, 0.29) is 0 Å². The van der Waals surface area contributed by atoms with Crippen LogP contribution in [0.4, 0.5) is 0 Å². The van der Waals surface area contributed by atoms with Crippen molar-refractivity contribution in [3.05, 3.63) is 24.0 Å². The van der Waals surface area contributed by atoms with E-state index < -0.39 is 0 Å². The lowest BCUT2D eigenvalue weighted by atomic mass is 10.1. The van der Waals surface area contributed by atoms with Crippen molar-refractivity contribution >= 4 is 22.9 Å². The van der Waals surface area contributed by atoms with Crippen LogP contribution in [0, 0.1) is 6.92 Å². The van der Waals surface area contributed by atoms with Gasteiger partial charge in [0.25, 0.3) is 0 Å². The molecule has 66 valence electrons. The molecular formula is C7H6IN5. The van der Waals surface area contributed by atoms with Crippen LogP contribution >= 0.6 is 22.9 Å². The number of aromatic nitrogens is 5. The van der Waals surface area contributed by atoms with Crippen LogP contribution in [0.1, 0.15) is 5.56 Å². The van der Waals surface area contributed by atoms with Crippen LogP contribution in [0.2, 0.25) is 0 Å². The molecule has 5 nitrogen and oxygen atoms in total. The molecule has 2 rings (SSSR count). The van der Waals surface area contributed by atoms with Gasteiger partial charge in [0.2, 0.25) is 0 Å². The zero-order chi connectivity index (χ0) is 9.26. The minimum absolute atomic E-state index is 0.728. The van der Waals surface area contributed by atoms with Crippen LogP contribution < -0.4 is 0 Å². The first kappa shape index (κ1) is 8.54. The summed E-state index contributed by atoms with van der Waals surface area (Å²) >= 11 is 2.03. The first-order valence-corrected chi connectivity index (χ1v) is 4.61. The molecule has 0 radical (unpaired) electrons. The Morgan fingerprint density at radius 3 is 2.92 bits per heavy atom. The van der Waals surface area contributed by atoms with Crippen LogP contribution in [0.25, 0.3) is 11.4 Å². The highest BCUT2D eigenvalue weighted by atomic mass is 127. The Balaban J connectivity index is 2.59. The maximum Gasteiger partial charge on any atom is 0.194 e. The molecule has 13 heavy (non-hydrogen) atoms. The van der Waals surface area contributed by atoms with E-state index in [0.717, 1.165) is 17.0 Å². The van der Waals surface area contributed by atoms with E-state index >= 15 is 0 Å². The van der Waals surface area contributed by atoms with E-state index in [2.05, 4.69) is 20.5 Å². The summed E-state index contributed by atoms with van der Waals surface area (Å²) in [7, 11) is 0. The highest BCUT2D eigenvalue weighted by molar-refractivity contribution is 14.1. The molecule has 0 aliphatic rings. The van der Waals surface area contributed by atoms with Crippen molar-refractivity contribution in [2.45, 2.75) is 6.92 Å². The molecule has 6 heteroatoms. The van der Waals surface area contributed by atoms with Crippen LogP contribution in [0.5, 0.6) is 0 Å². The number of pyridine rings is 1. The minimum atomic E-state index is 0.728. The van der Waals surface area contributed by atoms with E-state index in [4.69, 9.17) is 0 Å². The summed E-state index contributed by atoms with van der Waals surface area (Å²) in [4.78, 5) is 4.03. The minimum Gasteiger partial charge on any atom is -0.264 e. The van der Waals surface area contributed by atoms with E-state index in [1.807, 2.05) is 35.9 Å². The van der Waals surface area contributed by atoms with Crippen molar-refractivity contribution in [3.8, 4) is 11.4 Å². The molecule has 0 saturated heterocycles. The predicted octanol–water partition coefficient (Wildman–Crippen LogP) is 1.24. The van der Waals surface area contributed by atoms with Gasteiger partial charge in [0.05, 0.1) is 22.9 Å². The van der Waals surface area contributed by atoms with E-state index in [1.54, 1.807) is 15.3 Å². The number of aryl methyl sites for hydroxylation is 1. The number of tetrazole rings is 1. The summed E-state index contributed by atoms with van der Waals surface area (Å²) in [6.07, 6.45) is 3.51. The van der Waals surface area contributed by atoms with Crippen molar-refractivity contribution in [2.24, 2.45) is 0 Å². The lowest BCUT2D eigenvalue weighted by Crippen LogP contribution is -1.91. The van der Waals surface area contributed by atoms with E-state index in [0.29, 0.717) is 0 Å². The van der Waals surface area contributed by atoms with Gasteiger partial charge in [-0.25, -0.2) is 0 Å². The highest BCUT2D eigenvalue weighted by Crippen LogP contribution is 2.19. The molecule has 2 heterocycles. The molecule has 0 unspecified atom stereocenters. The summed E-state index contributed by atoms with van der Waals surface area (Å²) in [5.41, 5.74) is 2.07. The second kappa shape index (κ2) is 3.36. The first-order valence-electron chi connectivity index (χ1n) is 3.64. The Morgan fingerprint density at radius 1 is 1.46 bits per heavy atom. The monoisotopic (exact) mass is 287 g/mol. The summed E-state index contributed by atoms with van der Waals surface area (Å²) < 4.78 is 1.60. The van der Waals surface area contributed by atoms with Crippen molar-refractivity contribution < 1.29 is 0 Å². The Morgan fingerprint density at radius 2 is 2.31 bits per heavy atom. The summed E-state index contributed by atoms with van der Waals surface area (Å²) in [6.45, 7) is 2.00. The van der Waals surface area contributed by atoms with E-state index in [9.17, 15) is 0 Å². The van der Waals surface area contributed by atoms with Gasteiger partial charge in [0.15, 0.2) is 5.82 Å². The van der Waals surface area contributed by atoms with Gasteiger partial charge in [-0.2, -0.15) is 2.90 Å². The first-order chi connectivity index (χ1) is 6.29. The third kappa shape index (κ3) is 1.53. The summed E-state index contributed by atoms with van der Waals surface area (Å²) in [5, 5.41) is 11.2. The maximum absolute atomic E-state index is 4.03. The second-order valence-corrected chi connectivity index (χ2v) is 3.47. The lowest BCUT2D eigenvalue weighted by Gasteiger charge is -1.99. The molecule has 0 aliphatic carbocycles. The normalized spacial score (nSPS) is 10.3. The highest BCUT2D eigenvalue weighted by Gasteiger charge is 2.08. The zero-order valence-corrected chi connectivity index (χ0v) is 9.00. The Labute approximate surface area is 88.7 Å². The molecule has 0 saturated carbocycles. The molecule has 0 aromatic carbocycles. The van der Waals surface area contributed by atoms with Crippen LogP contribution in [-0.4, -0.2) is 23.4 Å². The molecule has 0 spiro atoms.